The summed E-state index contributed by atoms with van der Waals surface area (Å²) in [5.74, 6) is 0.152. The molecule has 96 valence electrons. The van der Waals surface area contributed by atoms with E-state index in [-0.39, 0.29) is 17.3 Å². The number of aromatic nitrogens is 2. The van der Waals surface area contributed by atoms with Gasteiger partial charge in [-0.05, 0) is 20.8 Å². The van der Waals surface area contributed by atoms with Gasteiger partial charge in [0, 0.05) is 11.4 Å². The molecule has 1 aromatic heterocycles. The number of nitrogens with zero attached hydrogens (tertiary/aromatic N) is 2. The van der Waals surface area contributed by atoms with Gasteiger partial charge in [0.25, 0.3) is 0 Å². The van der Waals surface area contributed by atoms with E-state index in [0.717, 1.165) is 5.69 Å². The van der Waals surface area contributed by atoms with Crippen molar-refractivity contribution in [2.24, 2.45) is 0 Å². The maximum atomic E-state index is 11.4. The molecule has 0 aliphatic rings. The minimum Gasteiger partial charge on any atom is -0.294 e. The molecule has 0 saturated carbocycles. The van der Waals surface area contributed by atoms with E-state index < -0.39 is 9.84 Å². The zero-order valence-electron chi connectivity index (χ0n) is 10.6. The predicted molar refractivity (Wildman–Crippen MR) is 66.0 cm³/mol. The van der Waals surface area contributed by atoms with E-state index in [1.165, 1.54) is 6.92 Å². The molecule has 1 rings (SSSR count). The van der Waals surface area contributed by atoms with Crippen LogP contribution in [0.25, 0.3) is 0 Å². The highest BCUT2D eigenvalue weighted by Crippen LogP contribution is 2.13. The molecule has 0 radical (unpaired) electrons. The first-order valence-corrected chi connectivity index (χ1v) is 7.36. The van der Waals surface area contributed by atoms with E-state index in [4.69, 9.17) is 0 Å². The molecule has 0 saturated heterocycles. The second-order valence-corrected chi connectivity index (χ2v) is 6.53. The van der Waals surface area contributed by atoms with Crippen LogP contribution in [0.5, 0.6) is 0 Å². The van der Waals surface area contributed by atoms with E-state index in [0.29, 0.717) is 17.8 Å². The van der Waals surface area contributed by atoms with Crippen LogP contribution in [0.2, 0.25) is 0 Å². The van der Waals surface area contributed by atoms with Crippen LogP contribution in [0.3, 0.4) is 0 Å². The van der Waals surface area contributed by atoms with Crippen molar-refractivity contribution in [3.63, 3.8) is 0 Å². The number of hydrogen-bond donors (Lipinski definition) is 0. The summed E-state index contributed by atoms with van der Waals surface area (Å²) >= 11 is 0. The molecule has 0 atom stereocenters. The molecule has 1 heterocycles. The highest BCUT2D eigenvalue weighted by Gasteiger charge is 2.16. The van der Waals surface area contributed by atoms with Gasteiger partial charge in [0.2, 0.25) is 0 Å². The number of carbonyl (C=O) groups excluding carboxylic acids is 1. The number of ketones is 1. The average Bonchev–Trinajstić information content (AvgIpc) is 2.51. The second kappa shape index (κ2) is 5.00. The molecule has 1 aromatic rings. The minimum absolute atomic E-state index is 0.0374. The molecule has 0 fully saturated rings. The van der Waals surface area contributed by atoms with Gasteiger partial charge in [0.15, 0.2) is 15.6 Å². The smallest absolute Gasteiger partial charge is 0.163 e. The van der Waals surface area contributed by atoms with Crippen LogP contribution in [0.15, 0.2) is 0 Å². The van der Waals surface area contributed by atoms with Crippen molar-refractivity contribution in [1.29, 1.82) is 0 Å². The molecule has 17 heavy (non-hydrogen) atoms. The van der Waals surface area contributed by atoms with Gasteiger partial charge in [-0.15, -0.1) is 0 Å². The Labute approximate surface area is 102 Å². The van der Waals surface area contributed by atoms with E-state index in [9.17, 15) is 13.2 Å². The zero-order chi connectivity index (χ0) is 13.2. The molecule has 0 unspecified atom stereocenters. The van der Waals surface area contributed by atoms with Crippen molar-refractivity contribution < 1.29 is 13.2 Å². The lowest BCUT2D eigenvalue weighted by Gasteiger charge is -2.04. The molecule has 0 spiro atoms. The first-order chi connectivity index (χ1) is 7.78. The van der Waals surface area contributed by atoms with Crippen LogP contribution in [0, 0.1) is 13.8 Å². The normalized spacial score (nSPS) is 11.8. The fraction of sp³-hybridized carbons (Fsp3) is 0.636. The molecule has 0 aliphatic heterocycles. The molecular formula is C11H18N2O3S. The average molecular weight is 258 g/mol. The van der Waals surface area contributed by atoms with Crippen molar-refractivity contribution in [2.75, 3.05) is 11.5 Å². The molecule has 0 aromatic carbocycles. The molecule has 5 nitrogen and oxygen atoms in total. The van der Waals surface area contributed by atoms with Gasteiger partial charge < -0.3 is 0 Å². The summed E-state index contributed by atoms with van der Waals surface area (Å²) in [5.41, 5.74) is 1.99. The minimum atomic E-state index is -3.00. The Bertz CT molecular complexity index is 529. The quantitative estimate of drug-likeness (QED) is 0.743. The van der Waals surface area contributed by atoms with Gasteiger partial charge in [0.05, 0.1) is 23.6 Å². The van der Waals surface area contributed by atoms with Crippen LogP contribution in [0.1, 0.15) is 35.6 Å². The zero-order valence-corrected chi connectivity index (χ0v) is 11.5. The maximum absolute atomic E-state index is 11.4. The monoisotopic (exact) mass is 258 g/mol. The van der Waals surface area contributed by atoms with E-state index >= 15 is 0 Å². The highest BCUT2D eigenvalue weighted by atomic mass is 32.2. The Morgan fingerprint density at radius 2 is 1.94 bits per heavy atom. The van der Waals surface area contributed by atoms with Gasteiger partial charge in [-0.25, -0.2) is 8.42 Å². The number of Topliss-reactive ketones (excluding diaryl/α,β-unsaturated/α-hetero) is 1. The SMILES string of the molecule is CCS(=O)(=O)CCn1nc(C)c(C(C)=O)c1C. The lowest BCUT2D eigenvalue weighted by molar-refractivity contribution is 0.101. The van der Waals surface area contributed by atoms with Crippen molar-refractivity contribution in [1.82, 2.24) is 9.78 Å². The fourth-order valence-corrected chi connectivity index (χ4v) is 2.53. The summed E-state index contributed by atoms with van der Waals surface area (Å²) < 4.78 is 24.4. The number of hydrogen-bond acceptors (Lipinski definition) is 4. The first-order valence-electron chi connectivity index (χ1n) is 5.54. The van der Waals surface area contributed by atoms with Crippen LogP contribution in [-0.2, 0) is 16.4 Å². The second-order valence-electron chi connectivity index (χ2n) is 4.06. The Morgan fingerprint density at radius 3 is 2.35 bits per heavy atom. The van der Waals surface area contributed by atoms with Crippen LogP contribution >= 0.6 is 0 Å². The molecular weight excluding hydrogens is 240 g/mol. The van der Waals surface area contributed by atoms with Gasteiger partial charge in [-0.1, -0.05) is 6.92 Å². The van der Waals surface area contributed by atoms with Crippen molar-refractivity contribution >= 4 is 15.6 Å². The number of rotatable bonds is 5. The third kappa shape index (κ3) is 3.15. The Hall–Kier alpha value is -1.17. The van der Waals surface area contributed by atoms with Crippen molar-refractivity contribution in [2.45, 2.75) is 34.2 Å². The summed E-state index contributed by atoms with van der Waals surface area (Å²) in [7, 11) is -3.00. The number of sulfone groups is 1. The van der Waals surface area contributed by atoms with Gasteiger partial charge in [0.1, 0.15) is 0 Å². The predicted octanol–water partition coefficient (Wildman–Crippen LogP) is 1.14. The van der Waals surface area contributed by atoms with Gasteiger partial charge in [-0.2, -0.15) is 5.10 Å². The Balaban J connectivity index is 2.95. The standard InChI is InChI=1S/C11H18N2O3S/c1-5-17(15,16)7-6-13-9(3)11(10(4)14)8(2)12-13/h5-7H2,1-4H3. The molecule has 0 aliphatic carbocycles. The third-order valence-electron chi connectivity index (χ3n) is 2.79. The van der Waals surface area contributed by atoms with E-state index in [2.05, 4.69) is 5.10 Å². The van der Waals surface area contributed by atoms with Crippen LogP contribution in [0.4, 0.5) is 0 Å². The summed E-state index contributed by atoms with van der Waals surface area (Å²) in [5, 5.41) is 4.20. The molecule has 6 heteroatoms. The summed E-state index contributed by atoms with van der Waals surface area (Å²) in [4.78, 5) is 11.4. The summed E-state index contributed by atoms with van der Waals surface area (Å²) in [6.45, 7) is 6.96. The Kier molecular flexibility index (Phi) is 4.08. The lowest BCUT2D eigenvalue weighted by Crippen LogP contribution is -2.16. The molecule has 0 amide bonds. The van der Waals surface area contributed by atoms with Crippen LogP contribution < -0.4 is 0 Å². The topological polar surface area (TPSA) is 69.0 Å². The number of aryl methyl sites for hydroxylation is 2. The molecule has 0 bridgehead atoms. The van der Waals surface area contributed by atoms with Gasteiger partial charge >= 0.3 is 0 Å². The van der Waals surface area contributed by atoms with Crippen LogP contribution in [-0.4, -0.2) is 35.5 Å². The third-order valence-corrected chi connectivity index (χ3v) is 4.47. The lowest BCUT2D eigenvalue weighted by atomic mass is 10.1. The summed E-state index contributed by atoms with van der Waals surface area (Å²) in [6, 6.07) is 0. The fourth-order valence-electron chi connectivity index (χ4n) is 1.79. The Morgan fingerprint density at radius 1 is 1.35 bits per heavy atom. The largest absolute Gasteiger partial charge is 0.294 e. The van der Waals surface area contributed by atoms with Gasteiger partial charge in [-0.3, -0.25) is 9.48 Å². The summed E-state index contributed by atoms with van der Waals surface area (Å²) in [6.07, 6.45) is 0. The first kappa shape index (κ1) is 13.9. The molecule has 0 N–H and O–H groups in total. The van der Waals surface area contributed by atoms with Crippen molar-refractivity contribution in [3.05, 3.63) is 17.0 Å². The maximum Gasteiger partial charge on any atom is 0.163 e. The number of carbonyl (C=O) groups is 1. The van der Waals surface area contributed by atoms with E-state index in [1.54, 1.807) is 25.5 Å². The van der Waals surface area contributed by atoms with E-state index in [1.807, 2.05) is 0 Å². The highest BCUT2D eigenvalue weighted by molar-refractivity contribution is 7.91. The van der Waals surface area contributed by atoms with Crippen molar-refractivity contribution in [3.8, 4) is 0 Å².